The monoisotopic (exact) mass is 300 g/mol. The fraction of sp³-hybridized carbons (Fsp3) is 1.00. The van der Waals surface area contributed by atoms with Crippen LogP contribution < -0.4 is 0 Å². The predicted octanol–water partition coefficient (Wildman–Crippen LogP) is 2.77. The summed E-state index contributed by atoms with van der Waals surface area (Å²) >= 11 is 0. The molecule has 4 nitrogen and oxygen atoms in total. The van der Waals surface area contributed by atoms with Gasteiger partial charge in [0.2, 0.25) is 0 Å². The molecule has 2 saturated heterocycles. The van der Waals surface area contributed by atoms with E-state index >= 15 is 0 Å². The summed E-state index contributed by atoms with van der Waals surface area (Å²) in [7, 11) is 1.70. The molecule has 21 heavy (non-hydrogen) atoms. The second-order valence-corrected chi connectivity index (χ2v) is 6.99. The van der Waals surface area contributed by atoms with Crippen molar-refractivity contribution in [1.82, 2.24) is 0 Å². The van der Waals surface area contributed by atoms with Gasteiger partial charge in [-0.3, -0.25) is 0 Å². The number of methoxy groups -OCH3 is 1. The lowest BCUT2D eigenvalue weighted by Crippen LogP contribution is -2.58. The highest BCUT2D eigenvalue weighted by molar-refractivity contribution is 4.95. The Hall–Kier alpha value is -0.160. The molecule has 0 bridgehead atoms. The van der Waals surface area contributed by atoms with Crippen molar-refractivity contribution in [1.29, 1.82) is 0 Å². The number of fused-ring (bicyclic) bond motifs is 1. The number of hydrogen-bond donors (Lipinski definition) is 1. The molecule has 2 aliphatic rings. The smallest absolute Gasteiger partial charge is 0.0891 e. The zero-order chi connectivity index (χ0) is 15.6. The third-order valence-corrected chi connectivity index (χ3v) is 5.26. The topological polar surface area (TPSA) is 47.9 Å². The van der Waals surface area contributed by atoms with E-state index in [1.54, 1.807) is 7.11 Å². The maximum atomic E-state index is 10.5. The van der Waals surface area contributed by atoms with Gasteiger partial charge in [0.05, 0.1) is 36.6 Å². The quantitative estimate of drug-likeness (QED) is 0.848. The second kappa shape index (κ2) is 7.40. The Bertz CT molecular complexity index is 322. The van der Waals surface area contributed by atoms with E-state index in [0.717, 1.165) is 25.7 Å². The molecule has 0 saturated carbocycles. The van der Waals surface area contributed by atoms with E-state index in [-0.39, 0.29) is 30.3 Å². The van der Waals surface area contributed by atoms with E-state index in [9.17, 15) is 5.11 Å². The molecule has 8 atom stereocenters. The molecule has 4 heteroatoms. The number of rotatable bonds is 5. The molecule has 1 N–H and O–H groups in total. The average molecular weight is 300 g/mol. The van der Waals surface area contributed by atoms with Gasteiger partial charge in [0.1, 0.15) is 0 Å². The summed E-state index contributed by atoms with van der Waals surface area (Å²) in [6, 6.07) is 0. The van der Waals surface area contributed by atoms with Crippen molar-refractivity contribution in [3.63, 3.8) is 0 Å². The van der Waals surface area contributed by atoms with Crippen molar-refractivity contribution in [3.8, 4) is 0 Å². The molecular weight excluding hydrogens is 268 g/mol. The minimum absolute atomic E-state index is 0.0295. The van der Waals surface area contributed by atoms with Gasteiger partial charge in [-0.15, -0.1) is 0 Å². The van der Waals surface area contributed by atoms with Crippen LogP contribution in [0.15, 0.2) is 0 Å². The minimum Gasteiger partial charge on any atom is -0.390 e. The Kier molecular flexibility index (Phi) is 6.06. The van der Waals surface area contributed by atoms with Crippen molar-refractivity contribution in [2.45, 2.75) is 90.0 Å². The number of aliphatic hydroxyl groups is 1. The molecule has 2 unspecified atom stereocenters. The zero-order valence-corrected chi connectivity index (χ0v) is 14.1. The lowest BCUT2D eigenvalue weighted by molar-refractivity contribution is -0.258. The van der Waals surface area contributed by atoms with Crippen LogP contribution in [0.1, 0.15) is 53.4 Å². The van der Waals surface area contributed by atoms with Gasteiger partial charge in [-0.2, -0.15) is 0 Å². The first kappa shape index (κ1) is 17.2. The molecular formula is C17H32O4. The van der Waals surface area contributed by atoms with Crippen LogP contribution in [0.2, 0.25) is 0 Å². The molecule has 0 aromatic carbocycles. The van der Waals surface area contributed by atoms with Crippen LogP contribution in [0.25, 0.3) is 0 Å². The highest BCUT2D eigenvalue weighted by atomic mass is 16.6. The van der Waals surface area contributed by atoms with Crippen LogP contribution in [-0.4, -0.2) is 48.8 Å². The van der Waals surface area contributed by atoms with Gasteiger partial charge in [0.15, 0.2) is 0 Å². The van der Waals surface area contributed by atoms with Gasteiger partial charge < -0.3 is 19.3 Å². The van der Waals surface area contributed by atoms with Crippen molar-refractivity contribution in [2.24, 2.45) is 11.8 Å². The van der Waals surface area contributed by atoms with Gasteiger partial charge >= 0.3 is 0 Å². The predicted molar refractivity (Wildman–Crippen MR) is 82.3 cm³/mol. The Balaban J connectivity index is 2.03. The first-order chi connectivity index (χ1) is 9.97. The first-order valence-electron chi connectivity index (χ1n) is 8.49. The van der Waals surface area contributed by atoms with Crippen LogP contribution in [0.3, 0.4) is 0 Å². The van der Waals surface area contributed by atoms with E-state index in [4.69, 9.17) is 14.2 Å². The third kappa shape index (κ3) is 3.79. The summed E-state index contributed by atoms with van der Waals surface area (Å²) in [5.74, 6) is 0.638. The fourth-order valence-electron chi connectivity index (χ4n) is 3.76. The van der Waals surface area contributed by atoms with Crippen LogP contribution in [0.4, 0.5) is 0 Å². The van der Waals surface area contributed by atoms with Crippen LogP contribution >= 0.6 is 0 Å². The molecule has 2 rings (SSSR count). The van der Waals surface area contributed by atoms with Crippen molar-refractivity contribution in [2.75, 3.05) is 7.11 Å². The molecule has 2 heterocycles. The molecule has 0 aromatic rings. The summed E-state index contributed by atoms with van der Waals surface area (Å²) in [6.07, 6.45) is 3.93. The highest BCUT2D eigenvalue weighted by Gasteiger charge is 2.48. The lowest BCUT2D eigenvalue weighted by Gasteiger charge is -2.50. The minimum atomic E-state index is -0.473. The summed E-state index contributed by atoms with van der Waals surface area (Å²) < 4.78 is 17.8. The number of hydrogen-bond acceptors (Lipinski definition) is 4. The van der Waals surface area contributed by atoms with Crippen LogP contribution in [0.5, 0.6) is 0 Å². The third-order valence-electron chi connectivity index (χ3n) is 5.26. The summed E-state index contributed by atoms with van der Waals surface area (Å²) in [5.41, 5.74) is 0. The van der Waals surface area contributed by atoms with Gasteiger partial charge in [0.25, 0.3) is 0 Å². The fourth-order valence-corrected chi connectivity index (χ4v) is 3.76. The second-order valence-electron chi connectivity index (χ2n) is 6.99. The zero-order valence-electron chi connectivity index (χ0n) is 14.1. The van der Waals surface area contributed by atoms with E-state index in [0.29, 0.717) is 12.0 Å². The summed E-state index contributed by atoms with van der Waals surface area (Å²) in [4.78, 5) is 0. The molecule has 0 aromatic heterocycles. The largest absolute Gasteiger partial charge is 0.390 e. The highest BCUT2D eigenvalue weighted by Crippen LogP contribution is 2.39. The van der Waals surface area contributed by atoms with E-state index < -0.39 is 6.10 Å². The van der Waals surface area contributed by atoms with Gasteiger partial charge in [-0.05, 0) is 25.7 Å². The Morgan fingerprint density at radius 3 is 2.57 bits per heavy atom. The van der Waals surface area contributed by atoms with E-state index in [1.165, 1.54) is 0 Å². The first-order valence-corrected chi connectivity index (χ1v) is 8.49. The average Bonchev–Trinajstić information content (AvgIpc) is 2.46. The Morgan fingerprint density at radius 2 is 1.95 bits per heavy atom. The van der Waals surface area contributed by atoms with Gasteiger partial charge in [0, 0.05) is 19.4 Å². The molecule has 124 valence electrons. The van der Waals surface area contributed by atoms with Gasteiger partial charge in [-0.25, -0.2) is 0 Å². The van der Waals surface area contributed by atoms with Crippen molar-refractivity contribution in [3.05, 3.63) is 0 Å². The molecule has 0 spiro atoms. The standard InChI is InChI=1S/C17H32O4/c1-6-7-13-10(2)8-15-17(21-13)12(4)16(18)14(20-15)9-11(3)19-5/h10-18H,6-9H2,1-5H3/t10-,11?,12-,13-,14+,15?,16-,17+/m1/s1. The summed E-state index contributed by atoms with van der Waals surface area (Å²) in [6.45, 7) is 8.56. The van der Waals surface area contributed by atoms with E-state index in [2.05, 4.69) is 20.8 Å². The molecule has 0 amide bonds. The van der Waals surface area contributed by atoms with E-state index in [1.807, 2.05) is 6.92 Å². The maximum Gasteiger partial charge on any atom is 0.0891 e. The molecule has 0 aliphatic carbocycles. The maximum absolute atomic E-state index is 10.5. The Morgan fingerprint density at radius 1 is 1.24 bits per heavy atom. The molecule has 2 aliphatic heterocycles. The number of ether oxygens (including phenoxy) is 3. The van der Waals surface area contributed by atoms with Crippen LogP contribution in [-0.2, 0) is 14.2 Å². The van der Waals surface area contributed by atoms with Crippen LogP contribution in [0, 0.1) is 11.8 Å². The lowest BCUT2D eigenvalue weighted by atomic mass is 9.79. The van der Waals surface area contributed by atoms with Crippen molar-refractivity contribution < 1.29 is 19.3 Å². The van der Waals surface area contributed by atoms with Crippen molar-refractivity contribution >= 4 is 0 Å². The SMILES string of the molecule is CCC[C@H]1O[C@@H]2C(C[C@H]1C)O[C@@H](CC(C)OC)[C@H](O)[C@H]2C. The normalized spacial score (nSPS) is 45.1. The van der Waals surface area contributed by atoms with Gasteiger partial charge in [-0.1, -0.05) is 27.2 Å². The summed E-state index contributed by atoms with van der Waals surface area (Å²) in [5, 5.41) is 10.5. The Labute approximate surface area is 129 Å². The molecule has 0 radical (unpaired) electrons. The number of aliphatic hydroxyl groups excluding tert-OH is 1. The molecule has 2 fully saturated rings.